The Morgan fingerprint density at radius 2 is 1.55 bits per heavy atom. The molecule has 2 aliphatic rings. The van der Waals surface area contributed by atoms with Crippen LogP contribution in [-0.2, 0) is 14.0 Å². The molecule has 0 saturated carbocycles. The molecule has 1 heterocycles. The number of carbonyl (C=O) groups is 1. The molecule has 1 fully saturated rings. The third-order valence-electron chi connectivity index (χ3n) is 7.88. The number of fused-ring (bicyclic) bond motifs is 3. The highest BCUT2D eigenvalue weighted by Gasteiger charge is 2.52. The van der Waals surface area contributed by atoms with Crippen LogP contribution in [0.1, 0.15) is 55.9 Å². The van der Waals surface area contributed by atoms with E-state index < -0.39 is 24.4 Å². The largest absolute Gasteiger partial charge is 0.492 e. The molecule has 1 N–H and O–H groups in total. The third kappa shape index (κ3) is 5.01. The van der Waals surface area contributed by atoms with Gasteiger partial charge < -0.3 is 19.4 Å². The molecule has 0 radical (unpaired) electrons. The van der Waals surface area contributed by atoms with Gasteiger partial charge in [-0.2, -0.15) is 0 Å². The Morgan fingerprint density at radius 3 is 2.13 bits per heavy atom. The minimum Gasteiger partial charge on any atom is -0.449 e. The predicted octanol–water partition coefficient (Wildman–Crippen LogP) is 6.69. The average Bonchev–Trinajstić information content (AvgIpc) is 3.31. The number of carbonyl (C=O) groups excluding carboxylic acids is 1. The van der Waals surface area contributed by atoms with Crippen molar-refractivity contribution in [1.29, 1.82) is 0 Å². The van der Waals surface area contributed by atoms with Crippen molar-refractivity contribution >= 4 is 19.3 Å². The number of hydrogen-bond donors (Lipinski definition) is 1. The molecule has 38 heavy (non-hydrogen) atoms. The van der Waals surface area contributed by atoms with Gasteiger partial charge in [0.05, 0.1) is 11.2 Å². The van der Waals surface area contributed by atoms with E-state index in [-0.39, 0.29) is 24.9 Å². The van der Waals surface area contributed by atoms with Gasteiger partial charge in [-0.1, -0.05) is 66.7 Å². The summed E-state index contributed by atoms with van der Waals surface area (Å²) in [5.41, 5.74) is 5.44. The van der Waals surface area contributed by atoms with Crippen molar-refractivity contribution < 1.29 is 23.2 Å². The number of amides is 1. The third-order valence-corrected chi connectivity index (χ3v) is 7.88. The van der Waals surface area contributed by atoms with Crippen LogP contribution in [-0.4, -0.2) is 37.6 Å². The lowest BCUT2D eigenvalue weighted by atomic mass is 9.77. The predicted molar refractivity (Wildman–Crippen MR) is 148 cm³/mol. The molecule has 0 unspecified atom stereocenters. The van der Waals surface area contributed by atoms with Gasteiger partial charge in [-0.05, 0) is 79.5 Å². The van der Waals surface area contributed by atoms with Gasteiger partial charge >= 0.3 is 13.2 Å². The maximum atomic E-state index is 14.2. The molecular weight excluding hydrogens is 480 g/mol. The van der Waals surface area contributed by atoms with Gasteiger partial charge in [-0.15, -0.1) is 0 Å². The fraction of sp³-hybridized carbons (Fsp3) is 0.323. The van der Waals surface area contributed by atoms with Gasteiger partial charge in [0.25, 0.3) is 0 Å². The molecule has 0 bridgehead atoms. The first-order valence-corrected chi connectivity index (χ1v) is 13.0. The molecule has 1 amide bonds. The first-order chi connectivity index (χ1) is 18.1. The van der Waals surface area contributed by atoms with Crippen molar-refractivity contribution in [2.45, 2.75) is 51.7 Å². The van der Waals surface area contributed by atoms with E-state index in [0.717, 1.165) is 11.1 Å². The Labute approximate surface area is 224 Å². The number of aryl methyl sites for hydroxylation is 1. The van der Waals surface area contributed by atoms with Crippen LogP contribution in [0.2, 0.25) is 0 Å². The Morgan fingerprint density at radius 1 is 0.974 bits per heavy atom. The summed E-state index contributed by atoms with van der Waals surface area (Å²) in [5, 5.41) is 2.85. The molecule has 3 aromatic carbocycles. The standard InChI is InChI=1S/C31H33BFNO4/c1-20-14-15-21(17-28(20)33)16-22(32-37-30(2,3)31(4,5)38-32)18-34-29(35)36-19-27-25-12-8-6-10-23(25)24-11-7-9-13-26(24)27/h6-17,27H,18-19H2,1-5H3,(H,34,35). The van der Waals surface area contributed by atoms with E-state index in [1.165, 1.54) is 17.2 Å². The molecule has 1 saturated heterocycles. The molecule has 196 valence electrons. The number of hydrogen-bond acceptors (Lipinski definition) is 4. The Hall–Kier alpha value is -3.42. The molecule has 1 aliphatic carbocycles. The van der Waals surface area contributed by atoms with E-state index >= 15 is 0 Å². The van der Waals surface area contributed by atoms with Crippen LogP contribution < -0.4 is 5.32 Å². The quantitative estimate of drug-likeness (QED) is 0.374. The second kappa shape index (κ2) is 10.0. The second-order valence-electron chi connectivity index (χ2n) is 11.0. The van der Waals surface area contributed by atoms with Crippen LogP contribution in [0.25, 0.3) is 17.2 Å². The molecule has 5 nitrogen and oxygen atoms in total. The van der Waals surface area contributed by atoms with Gasteiger partial charge in [0.1, 0.15) is 12.4 Å². The van der Waals surface area contributed by atoms with Gasteiger partial charge in [0, 0.05) is 12.5 Å². The number of benzene rings is 3. The van der Waals surface area contributed by atoms with Crippen LogP contribution in [0.15, 0.2) is 72.2 Å². The van der Waals surface area contributed by atoms with Gasteiger partial charge in [-0.25, -0.2) is 9.18 Å². The summed E-state index contributed by atoms with van der Waals surface area (Å²) in [6.45, 7) is 9.94. The summed E-state index contributed by atoms with van der Waals surface area (Å²) < 4.78 is 32.4. The summed E-state index contributed by atoms with van der Waals surface area (Å²) in [6, 6.07) is 21.5. The summed E-state index contributed by atoms with van der Waals surface area (Å²) in [7, 11) is -0.696. The van der Waals surface area contributed by atoms with Crippen molar-refractivity contribution in [3.05, 3.63) is 100 Å². The van der Waals surface area contributed by atoms with Gasteiger partial charge in [-0.3, -0.25) is 0 Å². The highest BCUT2D eigenvalue weighted by Crippen LogP contribution is 2.44. The summed E-state index contributed by atoms with van der Waals surface area (Å²) in [5.74, 6) is -0.321. The summed E-state index contributed by atoms with van der Waals surface area (Å²) in [4.78, 5) is 12.8. The molecular formula is C31H33BFNO4. The van der Waals surface area contributed by atoms with Gasteiger partial charge in [0.2, 0.25) is 0 Å². The summed E-state index contributed by atoms with van der Waals surface area (Å²) in [6.07, 6.45) is 1.26. The van der Waals surface area contributed by atoms with Crippen molar-refractivity contribution in [3.8, 4) is 11.1 Å². The van der Waals surface area contributed by atoms with Crippen LogP contribution in [0.3, 0.4) is 0 Å². The average molecular weight is 513 g/mol. The van der Waals surface area contributed by atoms with Crippen molar-refractivity contribution in [1.82, 2.24) is 5.32 Å². The monoisotopic (exact) mass is 513 g/mol. The van der Waals surface area contributed by atoms with Crippen molar-refractivity contribution in [3.63, 3.8) is 0 Å². The number of ether oxygens (including phenoxy) is 1. The highest BCUT2D eigenvalue weighted by atomic mass is 19.1. The maximum absolute atomic E-state index is 14.2. The lowest BCUT2D eigenvalue weighted by molar-refractivity contribution is 0.00578. The molecule has 5 rings (SSSR count). The normalized spacial score (nSPS) is 17.7. The van der Waals surface area contributed by atoms with Crippen LogP contribution >= 0.6 is 0 Å². The van der Waals surface area contributed by atoms with Gasteiger partial charge in [0.15, 0.2) is 0 Å². The molecule has 3 aromatic rings. The SMILES string of the molecule is Cc1ccc(C=C(CNC(=O)OCC2c3ccccc3-c3ccccc32)B2OC(C)(C)C(C)(C)O2)cc1F. The number of nitrogens with one attached hydrogen (secondary N) is 1. The fourth-order valence-corrected chi connectivity index (χ4v) is 4.93. The number of halogens is 1. The number of rotatable bonds is 6. The van der Waals surface area contributed by atoms with E-state index in [1.807, 2.05) is 58.0 Å². The van der Waals surface area contributed by atoms with Crippen molar-refractivity contribution in [2.75, 3.05) is 13.2 Å². The lowest BCUT2D eigenvalue weighted by Crippen LogP contribution is -2.41. The van der Waals surface area contributed by atoms with E-state index in [1.54, 1.807) is 19.1 Å². The molecule has 1 aliphatic heterocycles. The maximum Gasteiger partial charge on any atom is 0.492 e. The number of alkyl carbamates (subject to hydrolysis) is 1. The van der Waals surface area contributed by atoms with E-state index in [2.05, 4.69) is 29.6 Å². The minimum absolute atomic E-state index is 0.0261. The van der Waals surface area contributed by atoms with E-state index in [9.17, 15) is 9.18 Å². The Kier molecular flexibility index (Phi) is 6.93. The van der Waals surface area contributed by atoms with Crippen LogP contribution in [0.5, 0.6) is 0 Å². The Bertz CT molecular complexity index is 1340. The molecule has 7 heteroatoms. The zero-order valence-electron chi connectivity index (χ0n) is 22.5. The highest BCUT2D eigenvalue weighted by molar-refractivity contribution is 6.56. The fourth-order valence-electron chi connectivity index (χ4n) is 4.93. The van der Waals surface area contributed by atoms with E-state index in [4.69, 9.17) is 14.0 Å². The molecule has 0 atom stereocenters. The minimum atomic E-state index is -0.696. The topological polar surface area (TPSA) is 56.8 Å². The molecule has 0 spiro atoms. The first kappa shape index (κ1) is 26.2. The Balaban J connectivity index is 1.30. The van der Waals surface area contributed by atoms with E-state index in [0.29, 0.717) is 16.6 Å². The van der Waals surface area contributed by atoms with Crippen LogP contribution in [0, 0.1) is 12.7 Å². The first-order valence-electron chi connectivity index (χ1n) is 13.0. The summed E-state index contributed by atoms with van der Waals surface area (Å²) >= 11 is 0. The lowest BCUT2D eigenvalue weighted by Gasteiger charge is -2.32. The van der Waals surface area contributed by atoms with Crippen molar-refractivity contribution in [2.24, 2.45) is 0 Å². The smallest absolute Gasteiger partial charge is 0.449 e. The second-order valence-corrected chi connectivity index (χ2v) is 11.0. The van der Waals surface area contributed by atoms with Crippen LogP contribution in [0.4, 0.5) is 9.18 Å². The zero-order chi connectivity index (χ0) is 27.1. The zero-order valence-corrected chi connectivity index (χ0v) is 22.5. The molecule has 0 aromatic heterocycles.